The number of carboxylic acids is 1. The summed E-state index contributed by atoms with van der Waals surface area (Å²) in [6.45, 7) is 0. The van der Waals surface area contributed by atoms with Gasteiger partial charge in [-0.3, -0.25) is 4.98 Å². The first-order chi connectivity index (χ1) is 8.16. The minimum absolute atomic E-state index is 0.191. The topological polar surface area (TPSA) is 88.2 Å². The minimum atomic E-state index is -0.984. The molecule has 0 saturated carbocycles. The van der Waals surface area contributed by atoms with Crippen LogP contribution in [0.25, 0.3) is 0 Å². The molecule has 0 saturated heterocycles. The van der Waals surface area contributed by atoms with Crippen LogP contribution in [0, 0.1) is 0 Å². The average molecular weight is 229 g/mol. The van der Waals surface area contributed by atoms with Crippen molar-refractivity contribution in [3.8, 4) is 0 Å². The van der Waals surface area contributed by atoms with Gasteiger partial charge < -0.3 is 16.2 Å². The largest absolute Gasteiger partial charge is 0.478 e. The van der Waals surface area contributed by atoms with Crippen LogP contribution in [0.15, 0.2) is 42.7 Å². The van der Waals surface area contributed by atoms with Crippen molar-refractivity contribution in [2.75, 3.05) is 11.1 Å². The van der Waals surface area contributed by atoms with Crippen LogP contribution in [-0.4, -0.2) is 16.1 Å². The molecule has 0 spiro atoms. The molecule has 86 valence electrons. The average Bonchev–Trinajstić information content (AvgIpc) is 2.33. The van der Waals surface area contributed by atoms with Crippen LogP contribution in [0.3, 0.4) is 0 Å². The number of carboxylic acid groups (broad SMARTS) is 1. The van der Waals surface area contributed by atoms with Gasteiger partial charge in [0.2, 0.25) is 0 Å². The standard InChI is InChI=1S/C12H11N3O2/c13-10-2-1-8(12(16)17)7-11(10)15-9-3-5-14-6-4-9/h1-7H,13H2,(H,14,15)(H,16,17). The van der Waals surface area contributed by atoms with Gasteiger partial charge in [0.25, 0.3) is 0 Å². The van der Waals surface area contributed by atoms with E-state index in [1.807, 2.05) is 0 Å². The number of pyridine rings is 1. The zero-order valence-corrected chi connectivity index (χ0v) is 8.92. The number of aromatic nitrogens is 1. The second-order valence-electron chi connectivity index (χ2n) is 3.47. The van der Waals surface area contributed by atoms with Crippen molar-refractivity contribution < 1.29 is 9.90 Å². The van der Waals surface area contributed by atoms with E-state index in [1.54, 1.807) is 30.6 Å². The number of hydrogen-bond donors (Lipinski definition) is 3. The maximum absolute atomic E-state index is 10.8. The molecule has 2 aromatic rings. The Labute approximate surface area is 97.9 Å². The van der Waals surface area contributed by atoms with E-state index >= 15 is 0 Å². The predicted octanol–water partition coefficient (Wildman–Crippen LogP) is 2.11. The Morgan fingerprint density at radius 1 is 1.24 bits per heavy atom. The van der Waals surface area contributed by atoms with Gasteiger partial charge in [0.05, 0.1) is 16.9 Å². The highest BCUT2D eigenvalue weighted by Crippen LogP contribution is 2.23. The van der Waals surface area contributed by atoms with E-state index in [1.165, 1.54) is 12.1 Å². The van der Waals surface area contributed by atoms with E-state index in [0.29, 0.717) is 11.4 Å². The fraction of sp³-hybridized carbons (Fsp3) is 0. The summed E-state index contributed by atoms with van der Waals surface area (Å²) in [6, 6.07) is 8.07. The highest BCUT2D eigenvalue weighted by Gasteiger charge is 2.06. The molecule has 0 bridgehead atoms. The van der Waals surface area contributed by atoms with Crippen molar-refractivity contribution in [1.82, 2.24) is 4.98 Å². The summed E-state index contributed by atoms with van der Waals surface area (Å²) in [7, 11) is 0. The fourth-order valence-corrected chi connectivity index (χ4v) is 1.39. The Morgan fingerprint density at radius 2 is 1.94 bits per heavy atom. The zero-order chi connectivity index (χ0) is 12.3. The number of hydrogen-bond acceptors (Lipinski definition) is 4. The van der Waals surface area contributed by atoms with Crippen molar-refractivity contribution in [2.24, 2.45) is 0 Å². The normalized spacial score (nSPS) is 9.88. The first kappa shape index (κ1) is 10.9. The number of nitrogens with one attached hydrogen (secondary N) is 1. The Morgan fingerprint density at radius 3 is 2.59 bits per heavy atom. The summed E-state index contributed by atoms with van der Waals surface area (Å²) < 4.78 is 0. The van der Waals surface area contributed by atoms with Crippen LogP contribution >= 0.6 is 0 Å². The van der Waals surface area contributed by atoms with Gasteiger partial charge in [-0.05, 0) is 30.3 Å². The molecule has 0 radical (unpaired) electrons. The number of nitrogens with two attached hydrogens (primary N) is 1. The molecule has 0 aliphatic rings. The molecule has 1 aromatic carbocycles. The molecule has 17 heavy (non-hydrogen) atoms. The summed E-state index contributed by atoms with van der Waals surface area (Å²) in [5.41, 5.74) is 7.82. The summed E-state index contributed by atoms with van der Waals surface area (Å²) >= 11 is 0. The Kier molecular flexibility index (Phi) is 2.91. The Bertz CT molecular complexity index is 541. The number of anilines is 3. The van der Waals surface area contributed by atoms with Gasteiger partial charge in [0.1, 0.15) is 0 Å². The fourth-order valence-electron chi connectivity index (χ4n) is 1.39. The van der Waals surface area contributed by atoms with Gasteiger partial charge in [-0.15, -0.1) is 0 Å². The van der Waals surface area contributed by atoms with Gasteiger partial charge in [-0.25, -0.2) is 4.79 Å². The van der Waals surface area contributed by atoms with Crippen molar-refractivity contribution in [3.05, 3.63) is 48.3 Å². The lowest BCUT2D eigenvalue weighted by Gasteiger charge is -2.09. The lowest BCUT2D eigenvalue weighted by molar-refractivity contribution is 0.0697. The highest BCUT2D eigenvalue weighted by molar-refractivity contribution is 5.91. The molecule has 2 rings (SSSR count). The van der Waals surface area contributed by atoms with Gasteiger partial charge in [-0.2, -0.15) is 0 Å². The van der Waals surface area contributed by atoms with Crippen LogP contribution in [0.1, 0.15) is 10.4 Å². The van der Waals surface area contributed by atoms with E-state index in [-0.39, 0.29) is 5.56 Å². The van der Waals surface area contributed by atoms with Crippen molar-refractivity contribution in [2.45, 2.75) is 0 Å². The summed E-state index contributed by atoms with van der Waals surface area (Å²) in [4.78, 5) is 14.7. The third-order valence-corrected chi connectivity index (χ3v) is 2.26. The van der Waals surface area contributed by atoms with Crippen LogP contribution in [0.2, 0.25) is 0 Å². The van der Waals surface area contributed by atoms with Crippen LogP contribution in [0.5, 0.6) is 0 Å². The molecule has 1 aromatic heterocycles. The summed E-state index contributed by atoms with van der Waals surface area (Å²) in [5.74, 6) is -0.984. The zero-order valence-electron chi connectivity index (χ0n) is 8.92. The molecule has 5 heteroatoms. The summed E-state index contributed by atoms with van der Waals surface area (Å²) in [6.07, 6.45) is 3.28. The lowest BCUT2D eigenvalue weighted by Crippen LogP contribution is -2.01. The van der Waals surface area contributed by atoms with E-state index < -0.39 is 5.97 Å². The highest BCUT2D eigenvalue weighted by atomic mass is 16.4. The van der Waals surface area contributed by atoms with Crippen LogP contribution in [0.4, 0.5) is 17.1 Å². The number of carbonyl (C=O) groups is 1. The third-order valence-electron chi connectivity index (χ3n) is 2.26. The molecular formula is C12H11N3O2. The third kappa shape index (κ3) is 2.52. The molecule has 0 atom stereocenters. The Hall–Kier alpha value is -2.56. The van der Waals surface area contributed by atoms with E-state index in [2.05, 4.69) is 10.3 Å². The second-order valence-corrected chi connectivity index (χ2v) is 3.47. The minimum Gasteiger partial charge on any atom is -0.478 e. The number of rotatable bonds is 3. The van der Waals surface area contributed by atoms with E-state index in [0.717, 1.165) is 5.69 Å². The van der Waals surface area contributed by atoms with Crippen molar-refractivity contribution in [1.29, 1.82) is 0 Å². The SMILES string of the molecule is Nc1ccc(C(=O)O)cc1Nc1ccncc1. The molecule has 0 amide bonds. The van der Waals surface area contributed by atoms with Crippen molar-refractivity contribution >= 4 is 23.0 Å². The maximum atomic E-state index is 10.8. The van der Waals surface area contributed by atoms with Crippen LogP contribution in [-0.2, 0) is 0 Å². The van der Waals surface area contributed by atoms with Gasteiger partial charge in [0, 0.05) is 18.1 Å². The smallest absolute Gasteiger partial charge is 0.335 e. The molecule has 0 aliphatic heterocycles. The summed E-state index contributed by atoms with van der Waals surface area (Å²) in [5, 5.41) is 11.9. The molecule has 1 heterocycles. The van der Waals surface area contributed by atoms with Gasteiger partial charge in [0.15, 0.2) is 0 Å². The Balaban J connectivity index is 2.32. The molecule has 4 N–H and O–H groups in total. The molecular weight excluding hydrogens is 218 g/mol. The maximum Gasteiger partial charge on any atom is 0.335 e. The molecule has 0 aliphatic carbocycles. The second kappa shape index (κ2) is 4.52. The van der Waals surface area contributed by atoms with E-state index in [4.69, 9.17) is 10.8 Å². The quantitative estimate of drug-likeness (QED) is 0.701. The number of aromatic carboxylic acids is 1. The molecule has 0 unspecified atom stereocenters. The molecule has 0 fully saturated rings. The first-order valence-electron chi connectivity index (χ1n) is 4.96. The lowest BCUT2D eigenvalue weighted by atomic mass is 10.1. The number of nitrogen functional groups attached to an aromatic ring is 1. The number of benzene rings is 1. The number of nitrogens with zero attached hydrogens (tertiary/aromatic N) is 1. The molecule has 5 nitrogen and oxygen atoms in total. The van der Waals surface area contributed by atoms with Gasteiger partial charge >= 0.3 is 5.97 Å². The van der Waals surface area contributed by atoms with E-state index in [9.17, 15) is 4.79 Å². The monoisotopic (exact) mass is 229 g/mol. The predicted molar refractivity (Wildman–Crippen MR) is 65.3 cm³/mol. The van der Waals surface area contributed by atoms with Crippen molar-refractivity contribution in [3.63, 3.8) is 0 Å². The first-order valence-corrected chi connectivity index (χ1v) is 4.96. The van der Waals surface area contributed by atoms with Crippen LogP contribution < -0.4 is 11.1 Å². The van der Waals surface area contributed by atoms with Gasteiger partial charge in [-0.1, -0.05) is 0 Å².